The molecule has 4 amide bonds. The van der Waals surface area contributed by atoms with Gasteiger partial charge in [0.1, 0.15) is 5.54 Å². The average molecular weight is 344 g/mol. The van der Waals surface area contributed by atoms with Crippen molar-refractivity contribution in [1.82, 2.24) is 15.2 Å². The first kappa shape index (κ1) is 16.1. The van der Waals surface area contributed by atoms with Crippen LogP contribution in [0.25, 0.3) is 0 Å². The Labute approximate surface area is 142 Å². The van der Waals surface area contributed by atoms with E-state index in [1.165, 1.54) is 17.4 Å². The molecule has 1 atom stereocenters. The van der Waals surface area contributed by atoms with Crippen LogP contribution in [0.1, 0.15) is 33.5 Å². The molecule has 8 heteroatoms. The number of nitrogens with zero attached hydrogens (tertiary/aromatic N) is 2. The summed E-state index contributed by atoms with van der Waals surface area (Å²) in [6.07, 6.45) is 0. The van der Waals surface area contributed by atoms with Gasteiger partial charge in [0, 0.05) is 10.9 Å². The number of benzene rings is 1. The van der Waals surface area contributed by atoms with E-state index in [9.17, 15) is 14.4 Å². The number of carbonyl (C=O) groups is 3. The summed E-state index contributed by atoms with van der Waals surface area (Å²) >= 11 is 1.46. The van der Waals surface area contributed by atoms with Crippen LogP contribution in [0, 0.1) is 6.92 Å². The Hall–Kier alpha value is -2.74. The third-order valence-electron chi connectivity index (χ3n) is 3.99. The van der Waals surface area contributed by atoms with Gasteiger partial charge in [-0.05, 0) is 31.5 Å². The molecule has 1 fully saturated rings. The lowest BCUT2D eigenvalue weighted by atomic mass is 9.90. The quantitative estimate of drug-likeness (QED) is 0.820. The summed E-state index contributed by atoms with van der Waals surface area (Å²) < 4.78 is 0. The number of carbonyl (C=O) groups excluding carboxylic acids is 3. The molecule has 1 aromatic heterocycles. The van der Waals surface area contributed by atoms with Crippen molar-refractivity contribution in [2.45, 2.75) is 25.9 Å². The fourth-order valence-corrected chi connectivity index (χ4v) is 3.27. The Bertz CT molecular complexity index is 847. The lowest BCUT2D eigenvalue weighted by molar-refractivity contribution is -0.131. The number of hydrogen-bond acceptors (Lipinski definition) is 5. The number of nitrogens with two attached hydrogens (primary N) is 1. The topological polar surface area (TPSA) is 105 Å². The summed E-state index contributed by atoms with van der Waals surface area (Å²) in [7, 11) is 0. The predicted octanol–water partition coefficient (Wildman–Crippen LogP) is 1.52. The molecule has 1 unspecified atom stereocenters. The molecule has 7 nitrogen and oxygen atoms in total. The van der Waals surface area contributed by atoms with Gasteiger partial charge in [-0.15, -0.1) is 11.3 Å². The highest BCUT2D eigenvalue weighted by Crippen LogP contribution is 2.30. The van der Waals surface area contributed by atoms with E-state index in [0.29, 0.717) is 11.3 Å². The molecule has 1 aliphatic heterocycles. The minimum absolute atomic E-state index is 0.111. The Morgan fingerprint density at radius 2 is 2.17 bits per heavy atom. The zero-order chi connectivity index (χ0) is 17.5. The summed E-state index contributed by atoms with van der Waals surface area (Å²) in [6, 6.07) is 5.91. The van der Waals surface area contributed by atoms with Gasteiger partial charge in [-0.1, -0.05) is 12.1 Å². The van der Waals surface area contributed by atoms with Gasteiger partial charge in [-0.25, -0.2) is 9.78 Å². The van der Waals surface area contributed by atoms with Gasteiger partial charge in [0.2, 0.25) is 5.91 Å². The summed E-state index contributed by atoms with van der Waals surface area (Å²) in [4.78, 5) is 41.9. The van der Waals surface area contributed by atoms with Gasteiger partial charge >= 0.3 is 6.03 Å². The number of primary amides is 1. The number of aromatic nitrogens is 1. The standard InChI is InChI=1S/C16H16N4O3S/c1-9-18-12(8-24-9)7-20-14(22)16(2,19-15(20)23)11-5-3-4-10(6-11)13(17)21/h3-6,8H,7H2,1-2H3,(H2,17,21)(H,19,23). The van der Waals surface area contributed by atoms with Crippen LogP contribution in [-0.4, -0.2) is 27.7 Å². The lowest BCUT2D eigenvalue weighted by Gasteiger charge is -2.22. The molecule has 0 aliphatic carbocycles. The van der Waals surface area contributed by atoms with Crippen molar-refractivity contribution in [3.05, 3.63) is 51.5 Å². The third-order valence-corrected chi connectivity index (χ3v) is 4.81. The van der Waals surface area contributed by atoms with Gasteiger partial charge in [-0.2, -0.15) is 0 Å². The monoisotopic (exact) mass is 344 g/mol. The number of thiazole rings is 1. The first-order chi connectivity index (χ1) is 11.3. The largest absolute Gasteiger partial charge is 0.366 e. The Morgan fingerprint density at radius 3 is 2.79 bits per heavy atom. The first-order valence-corrected chi connectivity index (χ1v) is 8.14. The van der Waals surface area contributed by atoms with E-state index in [1.54, 1.807) is 25.1 Å². The second kappa shape index (κ2) is 5.72. The number of hydrogen-bond donors (Lipinski definition) is 2. The third kappa shape index (κ3) is 2.65. The van der Waals surface area contributed by atoms with E-state index in [2.05, 4.69) is 10.3 Å². The van der Waals surface area contributed by atoms with Crippen molar-refractivity contribution in [1.29, 1.82) is 0 Å². The molecular formula is C16H16N4O3S. The van der Waals surface area contributed by atoms with Gasteiger partial charge in [-0.3, -0.25) is 14.5 Å². The molecule has 3 N–H and O–H groups in total. The second-order valence-corrected chi connectivity index (χ2v) is 6.81. The molecule has 0 radical (unpaired) electrons. The van der Waals surface area contributed by atoms with Crippen molar-refractivity contribution >= 4 is 29.2 Å². The molecular weight excluding hydrogens is 328 g/mol. The molecule has 3 rings (SSSR count). The van der Waals surface area contributed by atoms with E-state index >= 15 is 0 Å². The first-order valence-electron chi connectivity index (χ1n) is 7.27. The van der Waals surface area contributed by atoms with Gasteiger partial charge in [0.05, 0.1) is 17.2 Å². The van der Waals surface area contributed by atoms with Crippen LogP contribution >= 0.6 is 11.3 Å². The van der Waals surface area contributed by atoms with E-state index < -0.39 is 17.5 Å². The number of rotatable bonds is 4. The molecule has 0 spiro atoms. The fraction of sp³-hybridized carbons (Fsp3) is 0.250. The molecule has 2 heterocycles. The Balaban J connectivity index is 1.92. The van der Waals surface area contributed by atoms with E-state index in [4.69, 9.17) is 5.73 Å². The Kier molecular flexibility index (Phi) is 3.84. The van der Waals surface area contributed by atoms with Crippen molar-refractivity contribution in [2.75, 3.05) is 0 Å². The number of amides is 4. The van der Waals surface area contributed by atoms with Crippen LogP contribution in [-0.2, 0) is 16.9 Å². The van der Waals surface area contributed by atoms with Gasteiger partial charge in [0.15, 0.2) is 0 Å². The van der Waals surface area contributed by atoms with Crippen molar-refractivity contribution in [3.63, 3.8) is 0 Å². The van der Waals surface area contributed by atoms with Crippen molar-refractivity contribution in [2.24, 2.45) is 5.73 Å². The highest BCUT2D eigenvalue weighted by Gasteiger charge is 2.49. The molecule has 2 aromatic rings. The molecule has 124 valence electrons. The molecule has 1 saturated heterocycles. The predicted molar refractivity (Wildman–Crippen MR) is 88.2 cm³/mol. The summed E-state index contributed by atoms with van der Waals surface area (Å²) in [5.74, 6) is -0.980. The zero-order valence-electron chi connectivity index (χ0n) is 13.2. The smallest absolute Gasteiger partial charge is 0.325 e. The fourth-order valence-electron chi connectivity index (χ4n) is 2.66. The van der Waals surface area contributed by atoms with Crippen LogP contribution in [0.3, 0.4) is 0 Å². The van der Waals surface area contributed by atoms with Crippen LogP contribution in [0.4, 0.5) is 4.79 Å². The minimum atomic E-state index is -1.24. The molecule has 1 aromatic carbocycles. The van der Waals surface area contributed by atoms with E-state index in [1.807, 2.05) is 12.3 Å². The maximum Gasteiger partial charge on any atom is 0.325 e. The van der Waals surface area contributed by atoms with Gasteiger partial charge < -0.3 is 11.1 Å². The maximum absolute atomic E-state index is 12.8. The Morgan fingerprint density at radius 1 is 1.42 bits per heavy atom. The summed E-state index contributed by atoms with van der Waals surface area (Å²) in [5.41, 5.74) is 5.50. The SMILES string of the molecule is Cc1nc(CN2C(=O)NC(C)(c3cccc(C(N)=O)c3)C2=O)cs1. The van der Waals surface area contributed by atoms with Crippen LogP contribution < -0.4 is 11.1 Å². The highest BCUT2D eigenvalue weighted by atomic mass is 32.1. The van der Waals surface area contributed by atoms with E-state index in [0.717, 1.165) is 9.91 Å². The van der Waals surface area contributed by atoms with Crippen LogP contribution in [0.5, 0.6) is 0 Å². The highest BCUT2D eigenvalue weighted by molar-refractivity contribution is 7.09. The molecule has 1 aliphatic rings. The average Bonchev–Trinajstić information content (AvgIpc) is 3.05. The van der Waals surface area contributed by atoms with Crippen molar-refractivity contribution in [3.8, 4) is 0 Å². The maximum atomic E-state index is 12.8. The second-order valence-electron chi connectivity index (χ2n) is 5.75. The van der Waals surface area contributed by atoms with Crippen LogP contribution in [0.15, 0.2) is 29.6 Å². The summed E-state index contributed by atoms with van der Waals surface area (Å²) in [5, 5.41) is 5.39. The van der Waals surface area contributed by atoms with Crippen LogP contribution in [0.2, 0.25) is 0 Å². The lowest BCUT2D eigenvalue weighted by Crippen LogP contribution is -2.41. The van der Waals surface area contributed by atoms with Crippen molar-refractivity contribution < 1.29 is 14.4 Å². The number of nitrogens with one attached hydrogen (secondary N) is 1. The normalized spacial score (nSPS) is 20.3. The van der Waals surface area contributed by atoms with E-state index in [-0.39, 0.29) is 18.0 Å². The molecule has 0 saturated carbocycles. The minimum Gasteiger partial charge on any atom is -0.366 e. The zero-order valence-corrected chi connectivity index (χ0v) is 14.0. The number of imide groups is 1. The van der Waals surface area contributed by atoms with Gasteiger partial charge in [0.25, 0.3) is 5.91 Å². The number of urea groups is 1. The molecule has 0 bridgehead atoms. The molecule has 24 heavy (non-hydrogen) atoms. The summed E-state index contributed by atoms with van der Waals surface area (Å²) in [6.45, 7) is 3.58. The number of aryl methyl sites for hydroxylation is 1.